The largest absolute Gasteiger partial charge is 0.377 e. The summed E-state index contributed by atoms with van der Waals surface area (Å²) in [5.41, 5.74) is 0. The van der Waals surface area contributed by atoms with Gasteiger partial charge in [0.2, 0.25) is 10.0 Å². The van der Waals surface area contributed by atoms with Crippen molar-refractivity contribution in [3.63, 3.8) is 0 Å². The maximum Gasteiger partial charge on any atom is 0.214 e. The van der Waals surface area contributed by atoms with Crippen LogP contribution in [0.4, 0.5) is 0 Å². The molecule has 0 aromatic carbocycles. The van der Waals surface area contributed by atoms with Crippen LogP contribution in [-0.4, -0.2) is 39.3 Å². The molecule has 1 fully saturated rings. The van der Waals surface area contributed by atoms with Crippen LogP contribution in [-0.2, 0) is 14.8 Å². The molecule has 1 aliphatic rings. The molecule has 1 rings (SSSR count). The molecule has 0 aliphatic carbocycles. The lowest BCUT2D eigenvalue weighted by Gasteiger charge is -2.11. The topological polar surface area (TPSA) is 55.4 Å². The first-order valence-electron chi connectivity index (χ1n) is 6.29. The third-order valence-electron chi connectivity index (χ3n) is 2.81. The Hall–Kier alpha value is 0.160. The van der Waals surface area contributed by atoms with Gasteiger partial charge in [0, 0.05) is 19.0 Å². The first-order chi connectivity index (χ1) is 8.14. The Balaban J connectivity index is 2.07. The summed E-state index contributed by atoms with van der Waals surface area (Å²) < 4.78 is 31.3. The summed E-state index contributed by atoms with van der Waals surface area (Å²) in [5, 5.41) is 0. The van der Waals surface area contributed by atoms with Gasteiger partial charge in [0.15, 0.2) is 0 Å². The van der Waals surface area contributed by atoms with Gasteiger partial charge in [0.1, 0.15) is 0 Å². The third-order valence-corrected chi connectivity index (χ3v) is 4.53. The predicted molar refractivity (Wildman–Crippen MR) is 70.0 cm³/mol. The molecule has 6 heteroatoms. The molecule has 0 bridgehead atoms. The fourth-order valence-corrected chi connectivity index (χ4v) is 3.39. The highest BCUT2D eigenvalue weighted by atomic mass is 35.5. The van der Waals surface area contributed by atoms with Crippen molar-refractivity contribution in [2.75, 3.05) is 24.8 Å². The van der Waals surface area contributed by atoms with Crippen LogP contribution >= 0.6 is 11.6 Å². The predicted octanol–water partition coefficient (Wildman–Crippen LogP) is 1.88. The van der Waals surface area contributed by atoms with Crippen molar-refractivity contribution < 1.29 is 13.2 Å². The molecule has 0 radical (unpaired) electrons. The van der Waals surface area contributed by atoms with E-state index in [1.54, 1.807) is 0 Å². The molecule has 17 heavy (non-hydrogen) atoms. The Labute approximate surface area is 109 Å². The quantitative estimate of drug-likeness (QED) is 0.519. The van der Waals surface area contributed by atoms with Gasteiger partial charge in [0.25, 0.3) is 0 Å². The highest BCUT2D eigenvalue weighted by molar-refractivity contribution is 7.89. The average Bonchev–Trinajstić information content (AvgIpc) is 2.75. The zero-order valence-electron chi connectivity index (χ0n) is 10.2. The van der Waals surface area contributed by atoms with Gasteiger partial charge in [-0.15, -0.1) is 11.6 Å². The monoisotopic (exact) mass is 283 g/mol. The summed E-state index contributed by atoms with van der Waals surface area (Å²) >= 11 is 5.56. The van der Waals surface area contributed by atoms with Crippen molar-refractivity contribution >= 4 is 21.6 Å². The van der Waals surface area contributed by atoms with Gasteiger partial charge in [-0.25, -0.2) is 13.1 Å². The minimum absolute atomic E-state index is 0.106. The smallest absolute Gasteiger partial charge is 0.214 e. The van der Waals surface area contributed by atoms with Crippen LogP contribution in [0.15, 0.2) is 0 Å². The van der Waals surface area contributed by atoms with Crippen molar-refractivity contribution in [2.45, 2.75) is 44.6 Å². The maximum absolute atomic E-state index is 11.7. The molecule has 0 amide bonds. The van der Waals surface area contributed by atoms with Crippen LogP contribution < -0.4 is 4.72 Å². The molecule has 0 aromatic rings. The molecule has 1 aliphatic heterocycles. The van der Waals surface area contributed by atoms with Gasteiger partial charge in [-0.3, -0.25) is 0 Å². The Morgan fingerprint density at radius 2 is 2.00 bits per heavy atom. The van der Waals surface area contributed by atoms with Crippen LogP contribution in [0.2, 0.25) is 0 Å². The molecular weight excluding hydrogens is 262 g/mol. The van der Waals surface area contributed by atoms with Crippen LogP contribution in [0.1, 0.15) is 38.5 Å². The van der Waals surface area contributed by atoms with Crippen LogP contribution in [0.25, 0.3) is 0 Å². The molecule has 1 unspecified atom stereocenters. The SMILES string of the molecule is O=S(=O)(CC1CCCO1)NCCCCCCCl. The maximum atomic E-state index is 11.7. The summed E-state index contributed by atoms with van der Waals surface area (Å²) in [7, 11) is -3.16. The number of alkyl halides is 1. The first-order valence-corrected chi connectivity index (χ1v) is 8.47. The number of ether oxygens (including phenoxy) is 1. The van der Waals surface area contributed by atoms with Crippen molar-refractivity contribution in [1.82, 2.24) is 4.72 Å². The minimum Gasteiger partial charge on any atom is -0.377 e. The van der Waals surface area contributed by atoms with E-state index in [1.165, 1.54) is 0 Å². The summed E-state index contributed by atoms with van der Waals surface area (Å²) in [4.78, 5) is 0. The highest BCUT2D eigenvalue weighted by Crippen LogP contribution is 2.13. The van der Waals surface area contributed by atoms with Crippen molar-refractivity contribution in [1.29, 1.82) is 0 Å². The molecule has 1 N–H and O–H groups in total. The molecular formula is C11H22ClNO3S. The van der Waals surface area contributed by atoms with Crippen LogP contribution in [0, 0.1) is 0 Å². The number of hydrogen-bond acceptors (Lipinski definition) is 3. The van der Waals surface area contributed by atoms with Gasteiger partial charge in [-0.05, 0) is 25.7 Å². The molecule has 0 saturated carbocycles. The van der Waals surface area contributed by atoms with Crippen LogP contribution in [0.3, 0.4) is 0 Å². The Bertz CT molecular complexity index is 289. The molecule has 102 valence electrons. The van der Waals surface area contributed by atoms with E-state index in [0.29, 0.717) is 19.0 Å². The van der Waals surface area contributed by atoms with Gasteiger partial charge < -0.3 is 4.74 Å². The normalized spacial score (nSPS) is 20.9. The number of nitrogens with one attached hydrogen (secondary N) is 1. The standard InChI is InChI=1S/C11H22ClNO3S/c12-7-3-1-2-4-8-13-17(14,15)10-11-6-5-9-16-11/h11,13H,1-10H2. The van der Waals surface area contributed by atoms with Gasteiger partial charge in [-0.1, -0.05) is 12.8 Å². The molecule has 0 spiro atoms. The van der Waals surface area contributed by atoms with E-state index in [1.807, 2.05) is 0 Å². The van der Waals surface area contributed by atoms with E-state index in [4.69, 9.17) is 16.3 Å². The minimum atomic E-state index is -3.16. The second kappa shape index (κ2) is 8.29. The lowest BCUT2D eigenvalue weighted by molar-refractivity contribution is 0.127. The van der Waals surface area contributed by atoms with Crippen LogP contribution in [0.5, 0.6) is 0 Å². The summed E-state index contributed by atoms with van der Waals surface area (Å²) in [5.74, 6) is 0.791. The first kappa shape index (κ1) is 15.2. The fourth-order valence-electron chi connectivity index (χ4n) is 1.88. The molecule has 1 saturated heterocycles. The number of unbranched alkanes of at least 4 members (excludes halogenated alkanes) is 3. The fraction of sp³-hybridized carbons (Fsp3) is 1.00. The number of halogens is 1. The van der Waals surface area contributed by atoms with Crippen molar-refractivity contribution in [2.24, 2.45) is 0 Å². The highest BCUT2D eigenvalue weighted by Gasteiger charge is 2.22. The summed E-state index contributed by atoms with van der Waals surface area (Å²) in [6, 6.07) is 0. The third kappa shape index (κ3) is 7.24. The lowest BCUT2D eigenvalue weighted by atomic mass is 10.2. The Morgan fingerprint density at radius 1 is 1.24 bits per heavy atom. The number of rotatable bonds is 9. The van der Waals surface area contributed by atoms with Crippen molar-refractivity contribution in [3.8, 4) is 0 Å². The van der Waals surface area contributed by atoms with E-state index < -0.39 is 10.0 Å². The zero-order chi connectivity index (χ0) is 12.6. The lowest BCUT2D eigenvalue weighted by Crippen LogP contribution is -2.32. The number of sulfonamides is 1. The van der Waals surface area contributed by atoms with E-state index in [-0.39, 0.29) is 11.9 Å². The van der Waals surface area contributed by atoms with E-state index in [2.05, 4.69) is 4.72 Å². The molecule has 0 aromatic heterocycles. The van der Waals surface area contributed by atoms with Gasteiger partial charge >= 0.3 is 0 Å². The van der Waals surface area contributed by atoms with Gasteiger partial charge in [0.05, 0.1) is 11.9 Å². The second-order valence-electron chi connectivity index (χ2n) is 4.41. The Kier molecular flexibility index (Phi) is 7.43. The van der Waals surface area contributed by atoms with Gasteiger partial charge in [-0.2, -0.15) is 0 Å². The number of hydrogen-bond donors (Lipinski definition) is 1. The Morgan fingerprint density at radius 3 is 2.65 bits per heavy atom. The molecule has 1 heterocycles. The van der Waals surface area contributed by atoms with E-state index in [9.17, 15) is 8.42 Å². The molecule has 4 nitrogen and oxygen atoms in total. The van der Waals surface area contributed by atoms with E-state index >= 15 is 0 Å². The zero-order valence-corrected chi connectivity index (χ0v) is 11.7. The second-order valence-corrected chi connectivity index (χ2v) is 6.64. The van der Waals surface area contributed by atoms with E-state index in [0.717, 1.165) is 38.5 Å². The summed E-state index contributed by atoms with van der Waals surface area (Å²) in [6.07, 6.45) is 5.69. The average molecular weight is 284 g/mol. The van der Waals surface area contributed by atoms with Crippen molar-refractivity contribution in [3.05, 3.63) is 0 Å². The molecule has 1 atom stereocenters. The summed E-state index contributed by atoms with van der Waals surface area (Å²) in [6.45, 7) is 1.22.